The minimum Gasteiger partial charge on any atom is -0.300 e. The lowest BCUT2D eigenvalue weighted by atomic mass is 9.96. The minimum atomic E-state index is -3.43. The van der Waals surface area contributed by atoms with Crippen LogP contribution in [0.2, 0.25) is 0 Å². The van der Waals surface area contributed by atoms with E-state index in [4.69, 9.17) is 0 Å². The first-order valence-electron chi connectivity index (χ1n) is 9.68. The monoisotopic (exact) mass is 364 g/mol. The Balaban J connectivity index is 1.56. The fourth-order valence-corrected chi connectivity index (χ4v) is 6.25. The minimum absolute atomic E-state index is 0.457. The molecule has 1 aromatic carbocycles. The molecule has 1 saturated carbocycles. The number of nitrogens with zero attached hydrogens (tertiary/aromatic N) is 1. The van der Waals surface area contributed by atoms with Gasteiger partial charge < -0.3 is 4.90 Å². The zero-order valence-electron chi connectivity index (χ0n) is 15.8. The number of aryl methyl sites for hydroxylation is 3. The van der Waals surface area contributed by atoms with Crippen molar-refractivity contribution in [2.24, 2.45) is 5.92 Å². The van der Waals surface area contributed by atoms with E-state index in [0.29, 0.717) is 17.4 Å². The fraction of sp³-hybridized carbons (Fsp3) is 0.700. The largest absolute Gasteiger partial charge is 0.300 e. The molecule has 1 saturated heterocycles. The van der Waals surface area contributed by atoms with E-state index >= 15 is 0 Å². The molecule has 2 fully saturated rings. The highest BCUT2D eigenvalue weighted by atomic mass is 32.2. The topological polar surface area (TPSA) is 49.4 Å². The summed E-state index contributed by atoms with van der Waals surface area (Å²) in [5.74, 6) is 0.457. The lowest BCUT2D eigenvalue weighted by Gasteiger charge is -2.36. The maximum Gasteiger partial charge on any atom is 0.241 e. The van der Waals surface area contributed by atoms with Crippen molar-refractivity contribution in [2.45, 2.75) is 70.2 Å². The summed E-state index contributed by atoms with van der Waals surface area (Å²) >= 11 is 0. The normalized spacial score (nSPS) is 21.1. The molecule has 0 unspecified atom stereocenters. The van der Waals surface area contributed by atoms with Gasteiger partial charge >= 0.3 is 0 Å². The molecule has 0 atom stereocenters. The van der Waals surface area contributed by atoms with Gasteiger partial charge in [-0.1, -0.05) is 30.5 Å². The zero-order chi connectivity index (χ0) is 18.0. The van der Waals surface area contributed by atoms with E-state index in [1.807, 2.05) is 32.9 Å². The van der Waals surface area contributed by atoms with Crippen molar-refractivity contribution in [3.05, 3.63) is 28.8 Å². The molecule has 1 N–H and O–H groups in total. The van der Waals surface area contributed by atoms with E-state index in [1.165, 1.54) is 25.7 Å². The molecule has 2 aliphatic rings. The van der Waals surface area contributed by atoms with Gasteiger partial charge in [-0.05, 0) is 76.6 Å². The zero-order valence-corrected chi connectivity index (χ0v) is 16.7. The Kier molecular flexibility index (Phi) is 5.86. The Morgan fingerprint density at radius 3 is 2.12 bits per heavy atom. The Morgan fingerprint density at radius 1 is 1.00 bits per heavy atom. The molecule has 0 aromatic heterocycles. The van der Waals surface area contributed by atoms with Crippen molar-refractivity contribution in [3.8, 4) is 0 Å². The van der Waals surface area contributed by atoms with Crippen molar-refractivity contribution in [1.82, 2.24) is 9.62 Å². The molecule has 0 bridgehead atoms. The van der Waals surface area contributed by atoms with Crippen LogP contribution in [-0.2, 0) is 10.0 Å². The predicted molar refractivity (Wildman–Crippen MR) is 102 cm³/mol. The van der Waals surface area contributed by atoms with Gasteiger partial charge in [-0.25, -0.2) is 13.1 Å². The molecular weight excluding hydrogens is 332 g/mol. The van der Waals surface area contributed by atoms with E-state index < -0.39 is 10.0 Å². The van der Waals surface area contributed by atoms with Crippen LogP contribution in [0.5, 0.6) is 0 Å². The standard InChI is InChI=1S/C20H32N2O2S/c1-15-12-16(2)20(17(3)13-15)25(23,24)21-14-18-8-10-22(11-9-18)19-6-4-5-7-19/h12-13,18-19,21H,4-11,14H2,1-3H3. The van der Waals surface area contributed by atoms with E-state index in [-0.39, 0.29) is 0 Å². The van der Waals surface area contributed by atoms with Gasteiger partial charge in [-0.3, -0.25) is 0 Å². The SMILES string of the molecule is Cc1cc(C)c(S(=O)(=O)NCC2CCN(C3CCCC3)CC2)c(C)c1. The van der Waals surface area contributed by atoms with Gasteiger partial charge in [0, 0.05) is 12.6 Å². The van der Waals surface area contributed by atoms with Crippen LogP contribution in [0.15, 0.2) is 17.0 Å². The molecule has 1 aliphatic heterocycles. The van der Waals surface area contributed by atoms with E-state index in [2.05, 4.69) is 9.62 Å². The number of sulfonamides is 1. The number of benzene rings is 1. The molecule has 0 amide bonds. The van der Waals surface area contributed by atoms with Gasteiger partial charge in [0.15, 0.2) is 0 Å². The third kappa shape index (κ3) is 4.44. The molecule has 1 aromatic rings. The molecule has 25 heavy (non-hydrogen) atoms. The first-order valence-corrected chi connectivity index (χ1v) is 11.2. The summed E-state index contributed by atoms with van der Waals surface area (Å²) in [6.07, 6.45) is 7.65. The second-order valence-electron chi connectivity index (χ2n) is 8.00. The van der Waals surface area contributed by atoms with Gasteiger partial charge in [0.2, 0.25) is 10.0 Å². The van der Waals surface area contributed by atoms with Gasteiger partial charge in [0.25, 0.3) is 0 Å². The van der Waals surface area contributed by atoms with Gasteiger partial charge in [0.05, 0.1) is 4.90 Å². The first-order chi connectivity index (χ1) is 11.9. The molecule has 3 rings (SSSR count). The molecule has 0 radical (unpaired) electrons. The summed E-state index contributed by atoms with van der Waals surface area (Å²) in [5.41, 5.74) is 2.77. The second-order valence-corrected chi connectivity index (χ2v) is 9.70. The molecule has 4 nitrogen and oxygen atoms in total. The molecule has 140 valence electrons. The molecule has 0 spiro atoms. The second kappa shape index (κ2) is 7.77. The van der Waals surface area contributed by atoms with Crippen LogP contribution >= 0.6 is 0 Å². The number of likely N-dealkylation sites (tertiary alicyclic amines) is 1. The van der Waals surface area contributed by atoms with Crippen molar-refractivity contribution in [2.75, 3.05) is 19.6 Å². The lowest BCUT2D eigenvalue weighted by molar-refractivity contribution is 0.135. The molecule has 1 heterocycles. The van der Waals surface area contributed by atoms with Crippen molar-refractivity contribution in [1.29, 1.82) is 0 Å². The lowest BCUT2D eigenvalue weighted by Crippen LogP contribution is -2.42. The summed E-state index contributed by atoms with van der Waals surface area (Å²) in [7, 11) is -3.43. The smallest absolute Gasteiger partial charge is 0.241 e. The fourth-order valence-electron chi connectivity index (χ4n) is 4.68. The summed E-state index contributed by atoms with van der Waals surface area (Å²) in [5, 5.41) is 0. The summed E-state index contributed by atoms with van der Waals surface area (Å²) < 4.78 is 28.4. The highest BCUT2D eigenvalue weighted by molar-refractivity contribution is 7.89. The Hall–Kier alpha value is -0.910. The van der Waals surface area contributed by atoms with Crippen LogP contribution in [0.4, 0.5) is 0 Å². The van der Waals surface area contributed by atoms with Crippen molar-refractivity contribution < 1.29 is 8.42 Å². The van der Waals surface area contributed by atoms with Crippen LogP contribution in [-0.4, -0.2) is 39.0 Å². The number of hydrogen-bond donors (Lipinski definition) is 1. The van der Waals surface area contributed by atoms with Crippen LogP contribution in [0.3, 0.4) is 0 Å². The first kappa shape index (κ1) is 18.9. The summed E-state index contributed by atoms with van der Waals surface area (Å²) in [6.45, 7) is 8.58. The van der Waals surface area contributed by atoms with Crippen LogP contribution < -0.4 is 4.72 Å². The van der Waals surface area contributed by atoms with Crippen molar-refractivity contribution >= 4 is 10.0 Å². The quantitative estimate of drug-likeness (QED) is 0.869. The van der Waals surface area contributed by atoms with E-state index in [1.54, 1.807) is 0 Å². The highest BCUT2D eigenvalue weighted by Crippen LogP contribution is 2.28. The summed E-state index contributed by atoms with van der Waals surface area (Å²) in [6, 6.07) is 4.68. The van der Waals surface area contributed by atoms with Crippen LogP contribution in [0.1, 0.15) is 55.2 Å². The Bertz CT molecular complexity index is 677. The summed E-state index contributed by atoms with van der Waals surface area (Å²) in [4.78, 5) is 3.09. The van der Waals surface area contributed by atoms with Gasteiger partial charge in [0.1, 0.15) is 0 Å². The average Bonchev–Trinajstić information content (AvgIpc) is 3.06. The maximum absolute atomic E-state index is 12.8. The van der Waals surface area contributed by atoms with E-state index in [0.717, 1.165) is 48.7 Å². The molecule has 5 heteroatoms. The highest BCUT2D eigenvalue weighted by Gasteiger charge is 2.28. The number of piperidine rings is 1. The number of nitrogens with one attached hydrogen (secondary N) is 1. The molecular formula is C20H32N2O2S. The number of rotatable bonds is 5. The van der Waals surface area contributed by atoms with Gasteiger partial charge in [-0.15, -0.1) is 0 Å². The van der Waals surface area contributed by atoms with Crippen LogP contribution in [0, 0.1) is 26.7 Å². The average molecular weight is 365 g/mol. The Labute approximate surface area is 153 Å². The van der Waals surface area contributed by atoms with Crippen molar-refractivity contribution in [3.63, 3.8) is 0 Å². The third-order valence-corrected chi connectivity index (χ3v) is 7.65. The third-order valence-electron chi connectivity index (χ3n) is 5.93. The van der Waals surface area contributed by atoms with Crippen LogP contribution in [0.25, 0.3) is 0 Å². The maximum atomic E-state index is 12.8. The Morgan fingerprint density at radius 2 is 1.56 bits per heavy atom. The van der Waals surface area contributed by atoms with Gasteiger partial charge in [-0.2, -0.15) is 0 Å². The van der Waals surface area contributed by atoms with E-state index in [9.17, 15) is 8.42 Å². The molecule has 1 aliphatic carbocycles. The number of hydrogen-bond acceptors (Lipinski definition) is 3. The predicted octanol–water partition coefficient (Wildman–Crippen LogP) is 3.54.